The van der Waals surface area contributed by atoms with Crippen molar-refractivity contribution in [2.45, 2.75) is 76.8 Å². The first-order chi connectivity index (χ1) is 25.3. The maximum atomic E-state index is 16.3. The van der Waals surface area contributed by atoms with Crippen LogP contribution in [0.5, 0.6) is 0 Å². The number of carbonyl (C=O) groups is 1. The summed E-state index contributed by atoms with van der Waals surface area (Å²) in [6.07, 6.45) is -12.3. The minimum atomic E-state index is -5.25. The summed E-state index contributed by atoms with van der Waals surface area (Å²) in [5, 5.41) is 11.4. The van der Waals surface area contributed by atoms with Crippen LogP contribution in [0.1, 0.15) is 39.1 Å². The Kier molecular flexibility index (Phi) is 9.88. The molecule has 10 atom stereocenters. The van der Waals surface area contributed by atoms with Gasteiger partial charge in [-0.2, -0.15) is 4.98 Å². The molecule has 54 heavy (non-hydrogen) atoms. The number of aryl methyl sites for hydroxylation is 1. The van der Waals surface area contributed by atoms with Crippen molar-refractivity contribution in [2.24, 2.45) is 5.41 Å². The van der Waals surface area contributed by atoms with Crippen molar-refractivity contribution in [1.82, 2.24) is 39.0 Å². The monoisotopic (exact) mass is 805 g/mol. The molecule has 24 nitrogen and oxygen atoms in total. The number of alkyl halides is 1. The molecule has 0 spiro atoms. The smallest absolute Gasteiger partial charge is 0.437 e. The number of aliphatic hydroxyl groups excluding tert-OH is 1. The lowest BCUT2D eigenvalue weighted by atomic mass is 9.98. The number of nitrogens with zero attached hydrogens (tertiary/aromatic N) is 6. The van der Waals surface area contributed by atoms with Crippen molar-refractivity contribution in [2.75, 3.05) is 25.7 Å². The SMILES string of the molecule is Cc1nc2c(ncn2[C@@H]2O[C@@H]3COP(=O)(OCOC(=O)C(C)(C)C)OC4[C@@H](O)[C@@H](COP(=O)(O)OC3[C@@H]2F)O[C@H]4n2cnc3c(=O)[nH]c(N)nc32)c(=O)[nH]1. The molecule has 0 saturated carbocycles. The number of aliphatic hydroxyl groups is 1. The van der Waals surface area contributed by atoms with E-state index in [0.717, 1.165) is 21.8 Å². The number of aromatic amines is 2. The molecule has 0 aliphatic carbocycles. The van der Waals surface area contributed by atoms with Gasteiger partial charge in [-0.3, -0.25) is 46.6 Å². The van der Waals surface area contributed by atoms with Gasteiger partial charge in [0.1, 0.15) is 36.3 Å². The fourth-order valence-corrected chi connectivity index (χ4v) is 8.04. The third-order valence-electron chi connectivity index (χ3n) is 8.45. The Labute approximate surface area is 301 Å². The number of carbonyl (C=O) groups excluding carboxylic acids is 1. The molecule has 3 fully saturated rings. The summed E-state index contributed by atoms with van der Waals surface area (Å²) in [6, 6.07) is 0. The van der Waals surface area contributed by atoms with Gasteiger partial charge in [-0.25, -0.2) is 33.0 Å². The minimum absolute atomic E-state index is 0.0981. The summed E-state index contributed by atoms with van der Waals surface area (Å²) in [4.78, 5) is 69.1. The lowest BCUT2D eigenvalue weighted by molar-refractivity contribution is -0.161. The third kappa shape index (κ3) is 7.24. The van der Waals surface area contributed by atoms with Crippen LogP contribution in [0, 0.1) is 12.3 Å². The molecule has 0 radical (unpaired) electrons. The Morgan fingerprint density at radius 2 is 1.59 bits per heavy atom. The van der Waals surface area contributed by atoms with Crippen molar-refractivity contribution in [3.63, 3.8) is 0 Å². The second-order valence-electron chi connectivity index (χ2n) is 13.4. The molecule has 27 heteroatoms. The molecule has 2 bridgehead atoms. The van der Waals surface area contributed by atoms with E-state index in [4.69, 9.17) is 42.6 Å². The van der Waals surface area contributed by atoms with Crippen molar-refractivity contribution < 1.29 is 65.1 Å². The Balaban J connectivity index is 1.25. The van der Waals surface area contributed by atoms with Gasteiger partial charge < -0.3 is 34.9 Å². The fraction of sp³-hybridized carbons (Fsp3) is 0.593. The number of anilines is 1. The standard InChI is InChI=1S/C27H34FN9O15P2/c1-10-32-19-14(21(39)33-10)30-7-36(19)23-13(28)17-12(50-23)6-47-54(44,48-9-45-25(41)27(2,3)4)52-18-16(38)11(5-46-53(42,43)51-17)49-24(18)37-8-31-15-20(37)34-26(29)35-22(15)40/h7-8,11-13,16-18,23-24,38H,5-6,9H2,1-4H3,(H,42,43)(H,32,33,39)(H3,29,34,35,40)/t11-,12-,13+,16+,17?,18?,23-,24-,54?/m1/s1. The summed E-state index contributed by atoms with van der Waals surface area (Å²) < 4.78 is 90.2. The average molecular weight is 806 g/mol. The number of fused-ring (bicyclic) bond motifs is 5. The molecule has 4 aromatic rings. The van der Waals surface area contributed by atoms with Crippen molar-refractivity contribution in [3.05, 3.63) is 39.2 Å². The number of rotatable bonds is 5. The summed E-state index contributed by atoms with van der Waals surface area (Å²) in [5.74, 6) is -0.934. The molecule has 294 valence electrons. The molecular weight excluding hydrogens is 771 g/mol. The highest BCUT2D eigenvalue weighted by Gasteiger charge is 2.55. The van der Waals surface area contributed by atoms with Crippen LogP contribution in [0.3, 0.4) is 0 Å². The van der Waals surface area contributed by atoms with Crippen molar-refractivity contribution in [1.29, 1.82) is 0 Å². The molecule has 7 heterocycles. The van der Waals surface area contributed by atoms with Crippen LogP contribution in [0.4, 0.5) is 10.3 Å². The second-order valence-corrected chi connectivity index (χ2v) is 16.4. The van der Waals surface area contributed by atoms with Gasteiger partial charge in [-0.1, -0.05) is 0 Å². The first-order valence-corrected chi connectivity index (χ1v) is 19.0. The van der Waals surface area contributed by atoms with Gasteiger partial charge in [0.25, 0.3) is 11.1 Å². The van der Waals surface area contributed by atoms with Gasteiger partial charge in [-0.05, 0) is 27.7 Å². The molecule has 3 saturated heterocycles. The Bertz CT molecular complexity index is 2310. The van der Waals surface area contributed by atoms with E-state index in [1.54, 1.807) is 20.8 Å². The first-order valence-electron chi connectivity index (χ1n) is 16.0. The topological polar surface area (TPSA) is 319 Å². The third-order valence-corrected chi connectivity index (χ3v) is 10.8. The average Bonchev–Trinajstić information content (AvgIpc) is 3.83. The molecular formula is C27H34FN9O15P2. The number of ether oxygens (including phenoxy) is 3. The fourth-order valence-electron chi connectivity index (χ4n) is 5.85. The van der Waals surface area contributed by atoms with Crippen LogP contribution in [-0.2, 0) is 50.8 Å². The number of phosphoric ester groups is 2. The highest BCUT2D eigenvalue weighted by atomic mass is 31.2. The van der Waals surface area contributed by atoms with E-state index in [1.807, 2.05) is 0 Å². The van der Waals surface area contributed by atoms with Crippen molar-refractivity contribution in [3.8, 4) is 0 Å². The van der Waals surface area contributed by atoms with E-state index in [0.29, 0.717) is 0 Å². The highest BCUT2D eigenvalue weighted by molar-refractivity contribution is 7.48. The van der Waals surface area contributed by atoms with Crippen LogP contribution < -0.4 is 16.9 Å². The molecule has 4 unspecified atom stereocenters. The first kappa shape index (κ1) is 38.3. The van der Waals surface area contributed by atoms with Gasteiger partial charge in [0.05, 0.1) is 31.3 Å². The molecule has 3 aliphatic heterocycles. The molecule has 3 aliphatic rings. The van der Waals surface area contributed by atoms with E-state index in [-0.39, 0.29) is 34.1 Å². The van der Waals surface area contributed by atoms with Crippen LogP contribution in [-0.4, -0.2) is 112 Å². The number of esters is 1. The van der Waals surface area contributed by atoms with E-state index in [9.17, 15) is 33.5 Å². The van der Waals surface area contributed by atoms with Gasteiger partial charge in [-0.15, -0.1) is 0 Å². The largest absolute Gasteiger partial charge is 0.478 e. The second kappa shape index (κ2) is 13.9. The van der Waals surface area contributed by atoms with Gasteiger partial charge >= 0.3 is 21.6 Å². The lowest BCUT2D eigenvalue weighted by Crippen LogP contribution is -2.36. The van der Waals surface area contributed by atoms with Crippen LogP contribution >= 0.6 is 15.6 Å². The summed E-state index contributed by atoms with van der Waals surface area (Å²) in [5.41, 5.74) is 2.70. The predicted molar refractivity (Wildman–Crippen MR) is 175 cm³/mol. The van der Waals surface area contributed by atoms with E-state index in [1.165, 1.54) is 6.92 Å². The number of halogens is 1. The maximum Gasteiger partial charge on any atom is 0.478 e. The zero-order valence-electron chi connectivity index (χ0n) is 28.6. The molecule has 0 aromatic carbocycles. The Morgan fingerprint density at radius 3 is 2.28 bits per heavy atom. The number of nitrogen functional groups attached to an aromatic ring is 1. The van der Waals surface area contributed by atoms with Gasteiger partial charge in [0.15, 0.2) is 41.0 Å². The summed E-state index contributed by atoms with van der Waals surface area (Å²) >= 11 is 0. The number of nitrogens with two attached hydrogens (primary N) is 1. The number of hydrogen-bond acceptors (Lipinski definition) is 19. The number of imidazole rings is 2. The quantitative estimate of drug-likeness (QED) is 0.102. The predicted octanol–water partition coefficient (Wildman–Crippen LogP) is 0.226. The number of hydrogen-bond donors (Lipinski definition) is 5. The molecule has 7 rings (SSSR count). The number of phosphoric acid groups is 2. The Morgan fingerprint density at radius 1 is 0.981 bits per heavy atom. The van der Waals surface area contributed by atoms with Crippen LogP contribution in [0.15, 0.2) is 22.2 Å². The van der Waals surface area contributed by atoms with E-state index in [2.05, 4.69) is 29.9 Å². The zero-order valence-corrected chi connectivity index (χ0v) is 30.4. The van der Waals surface area contributed by atoms with E-state index >= 15 is 4.39 Å². The van der Waals surface area contributed by atoms with Gasteiger partial charge in [0.2, 0.25) is 12.7 Å². The normalized spacial score (nSPS) is 33.6. The molecule has 6 N–H and O–H groups in total. The van der Waals surface area contributed by atoms with E-state index < -0.39 is 107 Å². The Hall–Kier alpha value is -4.00. The number of aromatic nitrogens is 8. The summed E-state index contributed by atoms with van der Waals surface area (Å²) in [7, 11) is -10.3. The van der Waals surface area contributed by atoms with Crippen LogP contribution in [0.2, 0.25) is 0 Å². The number of H-pyrrole nitrogens is 2. The summed E-state index contributed by atoms with van der Waals surface area (Å²) in [6.45, 7) is 3.24. The zero-order chi connectivity index (χ0) is 38.9. The highest BCUT2D eigenvalue weighted by Crippen LogP contribution is 2.56. The van der Waals surface area contributed by atoms with Gasteiger partial charge in [0, 0.05) is 0 Å². The number of nitrogens with one attached hydrogen (secondary N) is 2. The molecule has 0 amide bonds. The van der Waals surface area contributed by atoms with Crippen molar-refractivity contribution >= 4 is 49.9 Å². The lowest BCUT2D eigenvalue weighted by Gasteiger charge is -2.27. The maximum absolute atomic E-state index is 16.3. The molecule has 4 aromatic heterocycles. The van der Waals surface area contributed by atoms with Crippen LogP contribution in [0.25, 0.3) is 22.3 Å². The minimum Gasteiger partial charge on any atom is -0.437 e.